The molecule has 3 rings (SSSR count). The summed E-state index contributed by atoms with van der Waals surface area (Å²) in [4.78, 5) is 9.47. The zero-order valence-electron chi connectivity index (χ0n) is 19.8. The molecule has 0 saturated carbocycles. The highest BCUT2D eigenvalue weighted by atomic mass is 16.5. The summed E-state index contributed by atoms with van der Waals surface area (Å²) in [6.45, 7) is 7.75. The molecule has 0 amide bonds. The van der Waals surface area contributed by atoms with Crippen LogP contribution in [0, 0.1) is 0 Å². The maximum absolute atomic E-state index is 5.42. The normalized spacial score (nSPS) is 21.1. The quantitative estimate of drug-likeness (QED) is 0.375. The first-order chi connectivity index (χ1) is 15.1. The first-order valence-electron chi connectivity index (χ1n) is 11.8. The number of hydrogen-bond acceptors (Lipinski definition) is 5. The van der Waals surface area contributed by atoms with Gasteiger partial charge in [-0.1, -0.05) is 6.42 Å². The van der Waals surface area contributed by atoms with Crippen LogP contribution in [0.4, 0.5) is 5.69 Å². The van der Waals surface area contributed by atoms with Gasteiger partial charge < -0.3 is 29.9 Å². The smallest absolute Gasteiger partial charge is 0.191 e. The van der Waals surface area contributed by atoms with Crippen LogP contribution in [0.1, 0.15) is 45.4 Å². The number of likely N-dealkylation sites (tertiary alicyclic amines) is 1. The van der Waals surface area contributed by atoms with E-state index in [1.54, 1.807) is 14.2 Å². The van der Waals surface area contributed by atoms with E-state index in [1.807, 2.05) is 13.1 Å². The SMILES string of the molecule is CN=C(NCCCN1CCCCC1C)NC1CCN(c2cc(OC)cc(OC)c2)CC1. The van der Waals surface area contributed by atoms with Crippen molar-refractivity contribution in [3.63, 3.8) is 0 Å². The molecule has 2 aliphatic heterocycles. The van der Waals surface area contributed by atoms with Crippen molar-refractivity contribution in [2.45, 2.75) is 57.5 Å². The van der Waals surface area contributed by atoms with E-state index < -0.39 is 0 Å². The van der Waals surface area contributed by atoms with Gasteiger partial charge in [0.05, 0.1) is 14.2 Å². The average molecular weight is 432 g/mol. The Balaban J connectivity index is 1.40. The molecular weight excluding hydrogens is 390 g/mol. The maximum Gasteiger partial charge on any atom is 0.191 e. The molecule has 1 aromatic carbocycles. The van der Waals surface area contributed by atoms with Gasteiger partial charge in [0.25, 0.3) is 0 Å². The van der Waals surface area contributed by atoms with Crippen LogP contribution in [0.2, 0.25) is 0 Å². The van der Waals surface area contributed by atoms with E-state index in [0.717, 1.165) is 68.1 Å². The van der Waals surface area contributed by atoms with Crippen LogP contribution in [0.15, 0.2) is 23.2 Å². The van der Waals surface area contributed by atoms with Crippen molar-refractivity contribution in [3.05, 3.63) is 18.2 Å². The summed E-state index contributed by atoms with van der Waals surface area (Å²) in [5.41, 5.74) is 1.16. The Morgan fingerprint density at radius 1 is 1.03 bits per heavy atom. The summed E-state index contributed by atoms with van der Waals surface area (Å²) in [7, 11) is 5.25. The summed E-state index contributed by atoms with van der Waals surface area (Å²) in [6, 6.07) is 7.26. The summed E-state index contributed by atoms with van der Waals surface area (Å²) in [5.74, 6) is 2.59. The van der Waals surface area contributed by atoms with Crippen LogP contribution in [0.5, 0.6) is 11.5 Å². The second kappa shape index (κ2) is 12.0. The lowest BCUT2D eigenvalue weighted by Gasteiger charge is -2.35. The highest BCUT2D eigenvalue weighted by Gasteiger charge is 2.21. The van der Waals surface area contributed by atoms with E-state index in [0.29, 0.717) is 6.04 Å². The molecule has 2 aliphatic rings. The highest BCUT2D eigenvalue weighted by Crippen LogP contribution is 2.30. The van der Waals surface area contributed by atoms with E-state index in [-0.39, 0.29) is 0 Å². The van der Waals surface area contributed by atoms with Crippen molar-refractivity contribution < 1.29 is 9.47 Å². The van der Waals surface area contributed by atoms with Gasteiger partial charge in [-0.15, -0.1) is 0 Å². The maximum atomic E-state index is 5.42. The predicted molar refractivity (Wildman–Crippen MR) is 129 cm³/mol. The molecule has 0 spiro atoms. The Labute approximate surface area is 188 Å². The molecule has 2 N–H and O–H groups in total. The lowest BCUT2D eigenvalue weighted by Crippen LogP contribution is -2.49. The summed E-state index contributed by atoms with van der Waals surface area (Å²) in [5, 5.41) is 7.13. The van der Waals surface area contributed by atoms with Crippen LogP contribution in [-0.4, -0.2) is 76.9 Å². The van der Waals surface area contributed by atoms with Crippen molar-refractivity contribution in [2.75, 3.05) is 58.9 Å². The first-order valence-corrected chi connectivity index (χ1v) is 11.8. The molecule has 2 saturated heterocycles. The third-order valence-corrected chi connectivity index (χ3v) is 6.62. The van der Waals surface area contributed by atoms with Gasteiger partial charge in [0.1, 0.15) is 11.5 Å². The molecule has 0 aliphatic carbocycles. The minimum atomic E-state index is 0.442. The van der Waals surface area contributed by atoms with Gasteiger partial charge in [0.2, 0.25) is 0 Å². The first kappa shape index (κ1) is 23.5. The van der Waals surface area contributed by atoms with E-state index in [1.165, 1.54) is 32.4 Å². The van der Waals surface area contributed by atoms with Crippen LogP contribution >= 0.6 is 0 Å². The van der Waals surface area contributed by atoms with E-state index in [2.05, 4.69) is 44.5 Å². The molecule has 174 valence electrons. The molecule has 2 fully saturated rings. The Morgan fingerprint density at radius 2 is 1.74 bits per heavy atom. The molecule has 1 aromatic rings. The molecule has 31 heavy (non-hydrogen) atoms. The minimum Gasteiger partial charge on any atom is -0.497 e. The van der Waals surface area contributed by atoms with Crippen molar-refractivity contribution in [1.29, 1.82) is 0 Å². The second-order valence-corrected chi connectivity index (χ2v) is 8.71. The number of anilines is 1. The Bertz CT molecular complexity index is 681. The Hall–Kier alpha value is -2.15. The van der Waals surface area contributed by atoms with Crippen LogP contribution < -0.4 is 25.0 Å². The summed E-state index contributed by atoms with van der Waals surface area (Å²) >= 11 is 0. The zero-order chi connectivity index (χ0) is 22.1. The number of guanidine groups is 1. The number of nitrogens with zero attached hydrogens (tertiary/aromatic N) is 3. The van der Waals surface area contributed by atoms with Crippen molar-refractivity contribution in [1.82, 2.24) is 15.5 Å². The molecule has 2 heterocycles. The molecule has 0 radical (unpaired) electrons. The van der Waals surface area contributed by atoms with Gasteiger partial charge in [-0.05, 0) is 45.6 Å². The molecule has 0 bridgehead atoms. The van der Waals surface area contributed by atoms with Gasteiger partial charge >= 0.3 is 0 Å². The van der Waals surface area contributed by atoms with Crippen molar-refractivity contribution in [2.24, 2.45) is 4.99 Å². The lowest BCUT2D eigenvalue weighted by atomic mass is 10.0. The van der Waals surface area contributed by atoms with Crippen LogP contribution in [0.3, 0.4) is 0 Å². The van der Waals surface area contributed by atoms with Gasteiger partial charge in [-0.2, -0.15) is 0 Å². The van der Waals surface area contributed by atoms with E-state index >= 15 is 0 Å². The Morgan fingerprint density at radius 3 is 2.35 bits per heavy atom. The number of nitrogens with one attached hydrogen (secondary N) is 2. The standard InChI is InChI=1S/C24H41N5O2/c1-19-8-5-6-12-28(19)13-7-11-26-24(25-2)27-20-9-14-29(15-10-20)21-16-22(30-3)18-23(17-21)31-4/h16-20H,5-15H2,1-4H3,(H2,25,26,27). The van der Waals surface area contributed by atoms with Crippen molar-refractivity contribution in [3.8, 4) is 11.5 Å². The van der Waals surface area contributed by atoms with Gasteiger partial charge in [-0.3, -0.25) is 4.99 Å². The second-order valence-electron chi connectivity index (χ2n) is 8.71. The fourth-order valence-electron chi connectivity index (χ4n) is 4.62. The topological polar surface area (TPSA) is 61.4 Å². The highest BCUT2D eigenvalue weighted by molar-refractivity contribution is 5.80. The zero-order valence-corrected chi connectivity index (χ0v) is 19.8. The summed E-state index contributed by atoms with van der Waals surface area (Å²) < 4.78 is 10.8. The van der Waals surface area contributed by atoms with Gasteiger partial charge in [-0.25, -0.2) is 0 Å². The van der Waals surface area contributed by atoms with Gasteiger partial charge in [0.15, 0.2) is 5.96 Å². The molecule has 7 nitrogen and oxygen atoms in total. The van der Waals surface area contributed by atoms with Crippen LogP contribution in [0.25, 0.3) is 0 Å². The fourth-order valence-corrected chi connectivity index (χ4v) is 4.62. The third kappa shape index (κ3) is 6.92. The van der Waals surface area contributed by atoms with Gasteiger partial charge in [0, 0.05) is 69.2 Å². The fraction of sp³-hybridized carbons (Fsp3) is 0.708. The number of methoxy groups -OCH3 is 2. The average Bonchev–Trinajstić information content (AvgIpc) is 2.82. The molecule has 0 aromatic heterocycles. The number of ether oxygens (including phenoxy) is 2. The lowest BCUT2D eigenvalue weighted by molar-refractivity contribution is 0.159. The largest absolute Gasteiger partial charge is 0.497 e. The number of piperidine rings is 2. The molecule has 7 heteroatoms. The minimum absolute atomic E-state index is 0.442. The number of aliphatic imine (C=N–C) groups is 1. The summed E-state index contributed by atoms with van der Waals surface area (Å²) in [6.07, 6.45) is 7.38. The third-order valence-electron chi connectivity index (χ3n) is 6.62. The monoisotopic (exact) mass is 431 g/mol. The predicted octanol–water partition coefficient (Wildman–Crippen LogP) is 3.10. The number of benzene rings is 1. The van der Waals surface area contributed by atoms with E-state index in [9.17, 15) is 0 Å². The molecule has 1 atom stereocenters. The Kier molecular flexibility index (Phi) is 9.13. The molecular formula is C24H41N5O2. The van der Waals surface area contributed by atoms with Crippen LogP contribution in [-0.2, 0) is 0 Å². The van der Waals surface area contributed by atoms with E-state index in [4.69, 9.17) is 9.47 Å². The van der Waals surface area contributed by atoms with Crippen molar-refractivity contribution >= 4 is 11.6 Å². The number of rotatable bonds is 8. The number of hydrogen-bond donors (Lipinski definition) is 2. The molecule has 1 unspecified atom stereocenters.